The lowest BCUT2D eigenvalue weighted by Gasteiger charge is -2.17. The number of aryl methyl sites for hydroxylation is 1. The summed E-state index contributed by atoms with van der Waals surface area (Å²) in [5.41, 5.74) is 2.00. The van der Waals surface area contributed by atoms with Crippen LogP contribution in [0.2, 0.25) is 0 Å². The van der Waals surface area contributed by atoms with Crippen LogP contribution in [0.5, 0.6) is 11.5 Å². The summed E-state index contributed by atoms with van der Waals surface area (Å²) in [5, 5.41) is 0. The smallest absolute Gasteiger partial charge is 0.306 e. The second-order valence-electron chi connectivity index (χ2n) is 5.60. The van der Waals surface area contributed by atoms with Crippen molar-refractivity contribution < 1.29 is 19.0 Å². The Bertz CT molecular complexity index is 709. The zero-order valence-electron chi connectivity index (χ0n) is 13.4. The number of ether oxygens (including phenoxy) is 3. The lowest BCUT2D eigenvalue weighted by Crippen LogP contribution is -2.12. The first-order valence-corrected chi connectivity index (χ1v) is 8.00. The van der Waals surface area contributed by atoms with Crippen molar-refractivity contribution in [2.45, 2.75) is 25.4 Å². The molecule has 0 radical (unpaired) electrons. The second kappa shape index (κ2) is 7.68. The van der Waals surface area contributed by atoms with Gasteiger partial charge >= 0.3 is 5.97 Å². The van der Waals surface area contributed by atoms with E-state index in [0.717, 1.165) is 11.1 Å². The van der Waals surface area contributed by atoms with Crippen LogP contribution in [0.3, 0.4) is 0 Å². The molecule has 0 saturated carbocycles. The van der Waals surface area contributed by atoms with Gasteiger partial charge in [0.25, 0.3) is 0 Å². The van der Waals surface area contributed by atoms with E-state index in [0.29, 0.717) is 30.8 Å². The molecule has 0 aliphatic carbocycles. The Labute approximate surface area is 141 Å². The maximum Gasteiger partial charge on any atom is 0.306 e. The maximum atomic E-state index is 12.2. The molecular weight excluding hydrogens is 304 g/mol. The Hall–Kier alpha value is -2.75. The van der Waals surface area contributed by atoms with E-state index in [4.69, 9.17) is 14.2 Å². The van der Waals surface area contributed by atoms with Gasteiger partial charge < -0.3 is 14.2 Å². The summed E-state index contributed by atoms with van der Waals surface area (Å²) in [6.45, 7) is 3.98. The van der Waals surface area contributed by atoms with E-state index in [1.807, 2.05) is 48.5 Å². The molecule has 4 heteroatoms. The topological polar surface area (TPSA) is 44.8 Å². The summed E-state index contributed by atoms with van der Waals surface area (Å²) in [6.07, 6.45) is 2.96. The third-order valence-corrected chi connectivity index (χ3v) is 3.88. The van der Waals surface area contributed by atoms with Crippen LogP contribution in [0, 0.1) is 0 Å². The Kier molecular flexibility index (Phi) is 5.16. The zero-order valence-corrected chi connectivity index (χ0v) is 13.4. The predicted octanol–water partition coefficient (Wildman–Crippen LogP) is 4.21. The van der Waals surface area contributed by atoms with Crippen molar-refractivity contribution in [3.8, 4) is 11.5 Å². The van der Waals surface area contributed by atoms with E-state index in [2.05, 4.69) is 6.58 Å². The largest absolute Gasteiger partial charge is 0.457 e. The van der Waals surface area contributed by atoms with Crippen molar-refractivity contribution in [2.75, 3.05) is 6.79 Å². The van der Waals surface area contributed by atoms with Gasteiger partial charge in [0.1, 0.15) is 6.10 Å². The van der Waals surface area contributed by atoms with Crippen molar-refractivity contribution in [3.63, 3.8) is 0 Å². The monoisotopic (exact) mass is 324 g/mol. The molecule has 3 rings (SSSR count). The van der Waals surface area contributed by atoms with Crippen molar-refractivity contribution in [2.24, 2.45) is 0 Å². The summed E-state index contributed by atoms with van der Waals surface area (Å²) >= 11 is 0. The number of hydrogen-bond donors (Lipinski definition) is 0. The Balaban J connectivity index is 1.63. The molecule has 0 saturated heterocycles. The van der Waals surface area contributed by atoms with Gasteiger partial charge in [-0.05, 0) is 29.7 Å². The van der Waals surface area contributed by atoms with Crippen LogP contribution in [0.15, 0.2) is 61.2 Å². The minimum atomic E-state index is -0.361. The molecule has 0 N–H and O–H groups in total. The quantitative estimate of drug-likeness (QED) is 0.565. The van der Waals surface area contributed by atoms with Gasteiger partial charge in [-0.3, -0.25) is 4.79 Å². The maximum absolute atomic E-state index is 12.2. The Morgan fingerprint density at radius 3 is 2.75 bits per heavy atom. The normalized spacial score (nSPS) is 13.3. The average Bonchev–Trinajstić information content (AvgIpc) is 3.08. The van der Waals surface area contributed by atoms with Gasteiger partial charge in [0.05, 0.1) is 0 Å². The molecule has 4 nitrogen and oxygen atoms in total. The molecule has 2 aromatic rings. The first-order chi connectivity index (χ1) is 11.8. The van der Waals surface area contributed by atoms with Gasteiger partial charge in [0, 0.05) is 12.8 Å². The van der Waals surface area contributed by atoms with E-state index in [-0.39, 0.29) is 18.9 Å². The van der Waals surface area contributed by atoms with Crippen LogP contribution < -0.4 is 9.47 Å². The van der Waals surface area contributed by atoms with Crippen LogP contribution >= 0.6 is 0 Å². The first kappa shape index (κ1) is 16.1. The molecule has 0 aromatic heterocycles. The van der Waals surface area contributed by atoms with Crippen molar-refractivity contribution in [1.29, 1.82) is 0 Å². The minimum Gasteiger partial charge on any atom is -0.457 e. The molecule has 1 aliphatic rings. The highest BCUT2D eigenvalue weighted by Crippen LogP contribution is 2.35. The van der Waals surface area contributed by atoms with Gasteiger partial charge in [-0.15, -0.1) is 6.58 Å². The third kappa shape index (κ3) is 3.96. The van der Waals surface area contributed by atoms with E-state index < -0.39 is 0 Å². The summed E-state index contributed by atoms with van der Waals surface area (Å²) in [5.74, 6) is 1.18. The van der Waals surface area contributed by atoms with Gasteiger partial charge in [0.15, 0.2) is 11.5 Å². The second-order valence-corrected chi connectivity index (χ2v) is 5.60. The Morgan fingerprint density at radius 1 is 1.17 bits per heavy atom. The lowest BCUT2D eigenvalue weighted by molar-refractivity contribution is -0.149. The lowest BCUT2D eigenvalue weighted by atomic mass is 10.1. The molecule has 1 heterocycles. The molecule has 1 aliphatic heterocycles. The number of rotatable bonds is 7. The molecule has 0 unspecified atom stereocenters. The summed E-state index contributed by atoms with van der Waals surface area (Å²) in [4.78, 5) is 12.2. The van der Waals surface area contributed by atoms with Gasteiger partial charge in [-0.1, -0.05) is 42.5 Å². The van der Waals surface area contributed by atoms with Crippen LogP contribution in [0.25, 0.3) is 0 Å². The molecule has 0 spiro atoms. The summed E-state index contributed by atoms with van der Waals surface area (Å²) in [7, 11) is 0. The fourth-order valence-corrected chi connectivity index (χ4v) is 2.63. The van der Waals surface area contributed by atoms with E-state index in [9.17, 15) is 4.79 Å². The number of carbonyl (C=O) groups excluding carboxylic acids is 1. The minimum absolute atomic E-state index is 0.219. The molecule has 0 amide bonds. The molecule has 0 fully saturated rings. The van der Waals surface area contributed by atoms with Gasteiger partial charge in [-0.25, -0.2) is 0 Å². The number of esters is 1. The highest BCUT2D eigenvalue weighted by molar-refractivity contribution is 5.70. The molecular formula is C20H20O4. The van der Waals surface area contributed by atoms with Crippen LogP contribution in [0.4, 0.5) is 0 Å². The molecule has 124 valence electrons. The summed E-state index contributed by atoms with van der Waals surface area (Å²) < 4.78 is 16.4. The van der Waals surface area contributed by atoms with Crippen molar-refractivity contribution in [1.82, 2.24) is 0 Å². The molecule has 24 heavy (non-hydrogen) atoms. The van der Waals surface area contributed by atoms with Crippen LogP contribution in [-0.2, 0) is 16.0 Å². The summed E-state index contributed by atoms with van der Waals surface area (Å²) in [6, 6.07) is 15.5. The molecule has 0 bridgehead atoms. The number of benzene rings is 2. The number of fused-ring (bicyclic) bond motifs is 1. The zero-order chi connectivity index (χ0) is 16.8. The van der Waals surface area contributed by atoms with E-state index in [1.165, 1.54) is 0 Å². The molecule has 2 aromatic carbocycles. The SMILES string of the molecule is C=CC[C@@H](OC(=O)CCc1ccccc1)c1ccc2c(c1)OCO2. The standard InChI is InChI=1S/C20H20O4/c1-2-6-17(16-10-11-18-19(13-16)23-14-22-18)24-20(21)12-9-15-7-4-3-5-8-15/h2-5,7-8,10-11,13,17H,1,6,9,12,14H2/t17-/m1/s1. The fraction of sp³-hybridized carbons (Fsp3) is 0.250. The van der Waals surface area contributed by atoms with E-state index in [1.54, 1.807) is 6.08 Å². The average molecular weight is 324 g/mol. The van der Waals surface area contributed by atoms with Crippen LogP contribution in [0.1, 0.15) is 30.1 Å². The highest BCUT2D eigenvalue weighted by Gasteiger charge is 2.20. The third-order valence-electron chi connectivity index (χ3n) is 3.88. The fourth-order valence-electron chi connectivity index (χ4n) is 2.63. The molecule has 1 atom stereocenters. The van der Waals surface area contributed by atoms with Gasteiger partial charge in [-0.2, -0.15) is 0 Å². The number of hydrogen-bond acceptors (Lipinski definition) is 4. The first-order valence-electron chi connectivity index (χ1n) is 8.00. The van der Waals surface area contributed by atoms with Gasteiger partial charge in [0.2, 0.25) is 6.79 Å². The predicted molar refractivity (Wildman–Crippen MR) is 91.0 cm³/mol. The van der Waals surface area contributed by atoms with Crippen molar-refractivity contribution in [3.05, 3.63) is 72.3 Å². The van der Waals surface area contributed by atoms with Crippen molar-refractivity contribution >= 4 is 5.97 Å². The Morgan fingerprint density at radius 2 is 1.96 bits per heavy atom. The van der Waals surface area contributed by atoms with Crippen LogP contribution in [-0.4, -0.2) is 12.8 Å². The number of carbonyl (C=O) groups is 1. The van der Waals surface area contributed by atoms with E-state index >= 15 is 0 Å². The highest BCUT2D eigenvalue weighted by atomic mass is 16.7.